The normalized spacial score (nSPS) is 15.2. The van der Waals surface area contributed by atoms with Crippen molar-refractivity contribution >= 4 is 27.5 Å². The maximum Gasteiger partial charge on any atom is 0.286 e. The number of nitro benzene ring substituents is 1. The minimum absolute atomic E-state index is 0.0642. The molecule has 166 valence electrons. The largest absolute Gasteiger partial charge is 0.493 e. The molecule has 2 aromatic rings. The predicted octanol–water partition coefficient (Wildman–Crippen LogP) is 4.24. The fourth-order valence-electron chi connectivity index (χ4n) is 3.80. The fraction of sp³-hybridized carbons (Fsp3) is 0.409. The van der Waals surface area contributed by atoms with Crippen molar-refractivity contribution < 1.29 is 23.9 Å². The number of carbonyl (C=O) groups is 1. The molecule has 1 saturated heterocycles. The Hall–Kier alpha value is -2.65. The summed E-state index contributed by atoms with van der Waals surface area (Å²) in [5.74, 6) is -0.0372. The third-order valence-corrected chi connectivity index (χ3v) is 5.99. The number of ether oxygens (including phenoxy) is 3. The molecule has 1 fully saturated rings. The van der Waals surface area contributed by atoms with Gasteiger partial charge < -0.3 is 19.5 Å². The summed E-state index contributed by atoms with van der Waals surface area (Å²) in [5.41, 5.74) is 0.374. The van der Waals surface area contributed by atoms with E-state index in [1.165, 1.54) is 19.2 Å². The number of nitrogens with one attached hydrogen (secondary N) is 1. The van der Waals surface area contributed by atoms with Crippen molar-refractivity contribution in [2.45, 2.75) is 25.2 Å². The van der Waals surface area contributed by atoms with Gasteiger partial charge in [0.2, 0.25) is 0 Å². The van der Waals surface area contributed by atoms with Gasteiger partial charge in [0.05, 0.1) is 24.7 Å². The second-order valence-electron chi connectivity index (χ2n) is 7.30. The molecule has 0 radical (unpaired) electrons. The lowest BCUT2D eigenvalue weighted by atomic mass is 9.74. The zero-order chi connectivity index (χ0) is 22.4. The molecule has 0 bridgehead atoms. The molecule has 31 heavy (non-hydrogen) atoms. The summed E-state index contributed by atoms with van der Waals surface area (Å²) in [6.45, 7) is 3.62. The van der Waals surface area contributed by atoms with Gasteiger partial charge in [0.25, 0.3) is 11.6 Å². The van der Waals surface area contributed by atoms with Crippen LogP contribution in [0.3, 0.4) is 0 Å². The van der Waals surface area contributed by atoms with Gasteiger partial charge >= 0.3 is 0 Å². The molecule has 0 atom stereocenters. The van der Waals surface area contributed by atoms with E-state index >= 15 is 0 Å². The first kappa shape index (κ1) is 23.0. The molecule has 0 unspecified atom stereocenters. The van der Waals surface area contributed by atoms with Crippen molar-refractivity contribution in [2.24, 2.45) is 0 Å². The first-order chi connectivity index (χ1) is 14.9. The van der Waals surface area contributed by atoms with Gasteiger partial charge in [-0.05, 0) is 37.5 Å². The summed E-state index contributed by atoms with van der Waals surface area (Å²) in [6, 6.07) is 10.6. The van der Waals surface area contributed by atoms with E-state index in [1.807, 2.05) is 24.3 Å². The Morgan fingerprint density at radius 1 is 1.26 bits per heavy atom. The molecule has 3 rings (SSSR count). The van der Waals surface area contributed by atoms with E-state index in [-0.39, 0.29) is 28.2 Å². The van der Waals surface area contributed by atoms with Crippen LogP contribution < -0.4 is 14.8 Å². The van der Waals surface area contributed by atoms with Crippen molar-refractivity contribution in [3.05, 3.63) is 62.1 Å². The van der Waals surface area contributed by atoms with E-state index in [0.717, 1.165) is 22.9 Å². The minimum Gasteiger partial charge on any atom is -0.493 e. The molecular formula is C22H25BrN2O6. The highest BCUT2D eigenvalue weighted by atomic mass is 79.9. The Labute approximate surface area is 189 Å². The number of hydrogen-bond donors (Lipinski definition) is 1. The SMILES string of the molecule is CCOc1cc(C(=O)NCC2(c3cccc(Br)c3)CCOCC2)c([N+](=O)[O-])cc1OC. The second kappa shape index (κ2) is 10.1. The highest BCUT2D eigenvalue weighted by Gasteiger charge is 2.36. The number of nitrogens with zero attached hydrogens (tertiary/aromatic N) is 1. The molecule has 0 spiro atoms. The van der Waals surface area contributed by atoms with Crippen LogP contribution >= 0.6 is 15.9 Å². The van der Waals surface area contributed by atoms with E-state index in [0.29, 0.717) is 26.4 Å². The van der Waals surface area contributed by atoms with Crippen LogP contribution in [-0.2, 0) is 10.2 Å². The van der Waals surface area contributed by atoms with Crippen LogP contribution in [0.25, 0.3) is 0 Å². The molecule has 1 aliphatic heterocycles. The number of halogens is 1. The van der Waals surface area contributed by atoms with Gasteiger partial charge in [-0.2, -0.15) is 0 Å². The number of benzene rings is 2. The van der Waals surface area contributed by atoms with E-state index in [2.05, 4.69) is 21.2 Å². The van der Waals surface area contributed by atoms with Crippen molar-refractivity contribution in [2.75, 3.05) is 33.5 Å². The highest BCUT2D eigenvalue weighted by molar-refractivity contribution is 9.10. The maximum atomic E-state index is 13.1. The molecule has 9 heteroatoms. The third-order valence-electron chi connectivity index (χ3n) is 5.50. The first-order valence-electron chi connectivity index (χ1n) is 10.0. The van der Waals surface area contributed by atoms with Crippen molar-refractivity contribution in [1.82, 2.24) is 5.32 Å². The van der Waals surface area contributed by atoms with Crippen LogP contribution in [0.5, 0.6) is 11.5 Å². The summed E-state index contributed by atoms with van der Waals surface area (Å²) in [4.78, 5) is 24.1. The Balaban J connectivity index is 1.90. The molecule has 1 aliphatic rings. The molecule has 1 amide bonds. The Morgan fingerprint density at radius 3 is 2.61 bits per heavy atom. The Bertz CT molecular complexity index is 959. The quantitative estimate of drug-likeness (QED) is 0.436. The summed E-state index contributed by atoms with van der Waals surface area (Å²) in [6.07, 6.45) is 1.47. The van der Waals surface area contributed by atoms with E-state index in [9.17, 15) is 14.9 Å². The first-order valence-corrected chi connectivity index (χ1v) is 10.8. The summed E-state index contributed by atoms with van der Waals surface area (Å²) in [5, 5.41) is 14.5. The number of amides is 1. The van der Waals surface area contributed by atoms with E-state index in [4.69, 9.17) is 14.2 Å². The van der Waals surface area contributed by atoms with Crippen LogP contribution in [0.2, 0.25) is 0 Å². The molecule has 2 aromatic carbocycles. The van der Waals surface area contributed by atoms with Gasteiger partial charge in [-0.1, -0.05) is 28.1 Å². The van der Waals surface area contributed by atoms with Gasteiger partial charge in [-0.25, -0.2) is 0 Å². The van der Waals surface area contributed by atoms with Crippen molar-refractivity contribution in [1.29, 1.82) is 0 Å². The number of rotatable bonds is 8. The lowest BCUT2D eigenvalue weighted by Gasteiger charge is -2.38. The van der Waals surface area contributed by atoms with Gasteiger partial charge in [-0.15, -0.1) is 0 Å². The summed E-state index contributed by atoms with van der Waals surface area (Å²) in [7, 11) is 1.40. The smallest absolute Gasteiger partial charge is 0.286 e. The average molecular weight is 493 g/mol. The fourth-order valence-corrected chi connectivity index (χ4v) is 4.20. The number of carbonyl (C=O) groups excluding carboxylic acids is 1. The van der Waals surface area contributed by atoms with Gasteiger partial charge in [0, 0.05) is 35.7 Å². The second-order valence-corrected chi connectivity index (χ2v) is 8.21. The Morgan fingerprint density at radius 2 is 2.00 bits per heavy atom. The highest BCUT2D eigenvalue weighted by Crippen LogP contribution is 2.37. The number of methoxy groups -OCH3 is 1. The van der Waals surface area contributed by atoms with Crippen LogP contribution in [0, 0.1) is 10.1 Å². The van der Waals surface area contributed by atoms with Gasteiger partial charge in [-0.3, -0.25) is 14.9 Å². The zero-order valence-electron chi connectivity index (χ0n) is 17.5. The van der Waals surface area contributed by atoms with Gasteiger partial charge in [0.15, 0.2) is 11.5 Å². The van der Waals surface area contributed by atoms with Crippen LogP contribution in [0.15, 0.2) is 40.9 Å². The van der Waals surface area contributed by atoms with Crippen LogP contribution in [-0.4, -0.2) is 44.3 Å². The lowest BCUT2D eigenvalue weighted by molar-refractivity contribution is -0.385. The molecule has 8 nitrogen and oxygen atoms in total. The minimum atomic E-state index is -0.592. The molecular weight excluding hydrogens is 468 g/mol. The maximum absolute atomic E-state index is 13.1. The molecule has 1 heterocycles. The van der Waals surface area contributed by atoms with Crippen LogP contribution in [0.1, 0.15) is 35.7 Å². The Kier molecular flexibility index (Phi) is 7.50. The summed E-state index contributed by atoms with van der Waals surface area (Å²) >= 11 is 3.51. The van der Waals surface area contributed by atoms with Crippen molar-refractivity contribution in [3.63, 3.8) is 0 Å². The standard InChI is InChI=1S/C22H25BrN2O6/c1-3-31-20-12-17(18(25(27)28)13-19(20)29-2)21(26)24-14-22(7-9-30-10-8-22)15-5-4-6-16(23)11-15/h4-6,11-13H,3,7-10,14H2,1-2H3,(H,24,26). The van der Waals surface area contributed by atoms with Crippen molar-refractivity contribution in [3.8, 4) is 11.5 Å². The monoisotopic (exact) mass is 492 g/mol. The molecule has 0 saturated carbocycles. The topological polar surface area (TPSA) is 99.9 Å². The zero-order valence-corrected chi connectivity index (χ0v) is 19.1. The number of hydrogen-bond acceptors (Lipinski definition) is 6. The van der Waals surface area contributed by atoms with Crippen LogP contribution in [0.4, 0.5) is 5.69 Å². The number of nitro groups is 1. The summed E-state index contributed by atoms with van der Waals surface area (Å²) < 4.78 is 17.2. The predicted molar refractivity (Wildman–Crippen MR) is 119 cm³/mol. The molecule has 1 N–H and O–H groups in total. The lowest BCUT2D eigenvalue weighted by Crippen LogP contribution is -2.44. The van der Waals surface area contributed by atoms with E-state index < -0.39 is 10.8 Å². The van der Waals surface area contributed by atoms with Gasteiger partial charge in [0.1, 0.15) is 5.56 Å². The molecule has 0 aromatic heterocycles. The molecule has 0 aliphatic carbocycles. The third kappa shape index (κ3) is 5.16. The average Bonchev–Trinajstić information content (AvgIpc) is 2.78. The van der Waals surface area contributed by atoms with E-state index in [1.54, 1.807) is 6.92 Å².